The Morgan fingerprint density at radius 2 is 1.82 bits per heavy atom. The van der Waals surface area contributed by atoms with Crippen LogP contribution in [-0.4, -0.2) is 15.0 Å². The lowest BCUT2D eigenvalue weighted by Crippen LogP contribution is -1.95. The Balaban J connectivity index is 2.30. The summed E-state index contributed by atoms with van der Waals surface area (Å²) in [7, 11) is 0. The summed E-state index contributed by atoms with van der Waals surface area (Å²) in [6, 6.07) is 11.5. The number of rotatable bonds is 1. The molecule has 0 saturated heterocycles. The zero-order chi connectivity index (χ0) is 11.7. The Hall–Kier alpha value is -2.49. The van der Waals surface area contributed by atoms with Crippen molar-refractivity contribution < 1.29 is 0 Å². The summed E-state index contributed by atoms with van der Waals surface area (Å²) in [5.74, 6) is 1.10. The van der Waals surface area contributed by atoms with E-state index in [2.05, 4.69) is 15.0 Å². The maximum Gasteiger partial charge on any atom is 0.162 e. The van der Waals surface area contributed by atoms with Crippen molar-refractivity contribution in [3.8, 4) is 11.4 Å². The number of aromatic nitrogens is 3. The van der Waals surface area contributed by atoms with Gasteiger partial charge in [0.25, 0.3) is 0 Å². The van der Waals surface area contributed by atoms with Crippen LogP contribution in [0.15, 0.2) is 48.8 Å². The molecule has 0 spiro atoms. The van der Waals surface area contributed by atoms with Gasteiger partial charge in [-0.15, -0.1) is 0 Å². The van der Waals surface area contributed by atoms with Crippen LogP contribution in [0.4, 0.5) is 5.82 Å². The number of fused-ring (bicyclic) bond motifs is 1. The van der Waals surface area contributed by atoms with Gasteiger partial charge >= 0.3 is 0 Å². The molecule has 17 heavy (non-hydrogen) atoms. The van der Waals surface area contributed by atoms with Crippen LogP contribution >= 0.6 is 0 Å². The number of nitrogens with zero attached hydrogens (tertiary/aromatic N) is 3. The fourth-order valence-corrected chi connectivity index (χ4v) is 1.80. The van der Waals surface area contributed by atoms with Gasteiger partial charge < -0.3 is 5.73 Å². The van der Waals surface area contributed by atoms with Gasteiger partial charge in [0.1, 0.15) is 5.82 Å². The molecule has 0 unspecified atom stereocenters. The second-order valence-electron chi connectivity index (χ2n) is 3.68. The van der Waals surface area contributed by atoms with E-state index in [1.807, 2.05) is 30.3 Å². The summed E-state index contributed by atoms with van der Waals surface area (Å²) in [5.41, 5.74) is 7.55. The van der Waals surface area contributed by atoms with Crippen LogP contribution < -0.4 is 5.73 Å². The highest BCUT2D eigenvalue weighted by Crippen LogP contribution is 2.24. The van der Waals surface area contributed by atoms with Crippen molar-refractivity contribution in [2.45, 2.75) is 0 Å². The van der Waals surface area contributed by atoms with Crippen molar-refractivity contribution in [3.05, 3.63) is 48.8 Å². The number of hydrogen-bond donors (Lipinski definition) is 1. The SMILES string of the molecule is Nc1ccnc(-c2cccc3ncccc23)n1. The lowest BCUT2D eigenvalue weighted by molar-refractivity contribution is 1.19. The molecule has 4 heteroatoms. The van der Waals surface area contributed by atoms with Gasteiger partial charge in [-0.1, -0.05) is 18.2 Å². The average Bonchev–Trinajstić information content (AvgIpc) is 2.38. The molecule has 0 radical (unpaired) electrons. The molecule has 0 atom stereocenters. The minimum absolute atomic E-state index is 0.468. The van der Waals surface area contributed by atoms with Gasteiger partial charge in [0.05, 0.1) is 5.52 Å². The molecule has 0 amide bonds. The molecule has 2 aromatic heterocycles. The molecule has 0 aliphatic heterocycles. The van der Waals surface area contributed by atoms with E-state index in [1.165, 1.54) is 0 Å². The predicted octanol–water partition coefficient (Wildman–Crippen LogP) is 2.27. The van der Waals surface area contributed by atoms with Crippen LogP contribution in [0.1, 0.15) is 0 Å². The van der Waals surface area contributed by atoms with Gasteiger partial charge in [-0.25, -0.2) is 9.97 Å². The summed E-state index contributed by atoms with van der Waals surface area (Å²) in [6.45, 7) is 0. The maximum atomic E-state index is 5.67. The Bertz CT molecular complexity index is 674. The Morgan fingerprint density at radius 3 is 2.71 bits per heavy atom. The van der Waals surface area contributed by atoms with Gasteiger partial charge in [0.2, 0.25) is 0 Å². The van der Waals surface area contributed by atoms with Crippen LogP contribution in [0.2, 0.25) is 0 Å². The number of hydrogen-bond acceptors (Lipinski definition) is 4. The second kappa shape index (κ2) is 3.83. The van der Waals surface area contributed by atoms with Crippen molar-refractivity contribution in [1.82, 2.24) is 15.0 Å². The largest absolute Gasteiger partial charge is 0.384 e. The fourth-order valence-electron chi connectivity index (χ4n) is 1.80. The summed E-state index contributed by atoms with van der Waals surface area (Å²) in [5, 5.41) is 1.03. The normalized spacial score (nSPS) is 10.6. The molecular formula is C13H10N4. The summed E-state index contributed by atoms with van der Waals surface area (Å²) < 4.78 is 0. The molecular weight excluding hydrogens is 212 g/mol. The predicted molar refractivity (Wildman–Crippen MR) is 67.2 cm³/mol. The summed E-state index contributed by atoms with van der Waals surface area (Å²) in [4.78, 5) is 12.8. The van der Waals surface area contributed by atoms with Crippen LogP contribution in [0.5, 0.6) is 0 Å². The van der Waals surface area contributed by atoms with E-state index in [-0.39, 0.29) is 0 Å². The molecule has 0 aliphatic rings. The van der Waals surface area contributed by atoms with Crippen molar-refractivity contribution in [2.24, 2.45) is 0 Å². The first-order chi connectivity index (χ1) is 8.34. The minimum Gasteiger partial charge on any atom is -0.384 e. The number of benzene rings is 1. The van der Waals surface area contributed by atoms with Crippen molar-refractivity contribution in [1.29, 1.82) is 0 Å². The zero-order valence-corrected chi connectivity index (χ0v) is 9.04. The van der Waals surface area contributed by atoms with E-state index in [0.29, 0.717) is 11.6 Å². The second-order valence-corrected chi connectivity index (χ2v) is 3.68. The van der Waals surface area contributed by atoms with Crippen LogP contribution in [0.25, 0.3) is 22.3 Å². The molecule has 4 nitrogen and oxygen atoms in total. The van der Waals surface area contributed by atoms with Gasteiger partial charge in [-0.3, -0.25) is 4.98 Å². The lowest BCUT2D eigenvalue weighted by atomic mass is 10.1. The Labute approximate surface area is 98.2 Å². The van der Waals surface area contributed by atoms with Crippen LogP contribution in [0, 0.1) is 0 Å². The molecule has 0 saturated carbocycles. The monoisotopic (exact) mass is 222 g/mol. The molecule has 2 N–H and O–H groups in total. The van der Waals surface area contributed by atoms with E-state index < -0.39 is 0 Å². The third-order valence-corrected chi connectivity index (χ3v) is 2.56. The average molecular weight is 222 g/mol. The quantitative estimate of drug-likeness (QED) is 0.686. The molecule has 3 aromatic rings. The summed E-state index contributed by atoms with van der Waals surface area (Å²) >= 11 is 0. The van der Waals surface area contributed by atoms with Gasteiger partial charge in [0, 0.05) is 23.3 Å². The van der Waals surface area contributed by atoms with Gasteiger partial charge in [0.15, 0.2) is 5.82 Å². The highest BCUT2D eigenvalue weighted by molar-refractivity contribution is 5.92. The molecule has 0 aliphatic carbocycles. The summed E-state index contributed by atoms with van der Waals surface area (Å²) in [6.07, 6.45) is 3.43. The van der Waals surface area contributed by atoms with E-state index in [0.717, 1.165) is 16.5 Å². The third-order valence-electron chi connectivity index (χ3n) is 2.56. The topological polar surface area (TPSA) is 64.7 Å². The van der Waals surface area contributed by atoms with E-state index in [9.17, 15) is 0 Å². The Morgan fingerprint density at radius 1 is 0.882 bits per heavy atom. The number of anilines is 1. The minimum atomic E-state index is 0.468. The van der Waals surface area contributed by atoms with Crippen molar-refractivity contribution in [3.63, 3.8) is 0 Å². The standard InChI is InChI=1S/C13H10N4/c14-12-6-8-16-13(17-12)10-3-1-5-11-9(10)4-2-7-15-11/h1-8H,(H2,14,16,17). The van der Waals surface area contributed by atoms with Gasteiger partial charge in [-0.2, -0.15) is 0 Å². The van der Waals surface area contributed by atoms with E-state index in [1.54, 1.807) is 18.5 Å². The van der Waals surface area contributed by atoms with Crippen molar-refractivity contribution in [2.75, 3.05) is 5.73 Å². The lowest BCUT2D eigenvalue weighted by Gasteiger charge is -2.04. The smallest absolute Gasteiger partial charge is 0.162 e. The molecule has 0 bridgehead atoms. The van der Waals surface area contributed by atoms with Crippen LogP contribution in [0.3, 0.4) is 0 Å². The first-order valence-electron chi connectivity index (χ1n) is 5.27. The van der Waals surface area contributed by atoms with Crippen LogP contribution in [-0.2, 0) is 0 Å². The first-order valence-corrected chi connectivity index (χ1v) is 5.27. The highest BCUT2D eigenvalue weighted by Gasteiger charge is 2.06. The molecule has 1 aromatic carbocycles. The molecule has 2 heterocycles. The first kappa shape index (κ1) is 9.72. The van der Waals surface area contributed by atoms with E-state index in [4.69, 9.17) is 5.73 Å². The molecule has 0 fully saturated rings. The Kier molecular flexibility index (Phi) is 2.19. The molecule has 3 rings (SSSR count). The molecule has 82 valence electrons. The maximum absolute atomic E-state index is 5.67. The fraction of sp³-hybridized carbons (Fsp3) is 0. The third kappa shape index (κ3) is 1.69. The number of nitrogens with two attached hydrogens (primary N) is 1. The number of pyridine rings is 1. The zero-order valence-electron chi connectivity index (χ0n) is 9.04. The van der Waals surface area contributed by atoms with Crippen molar-refractivity contribution >= 4 is 16.7 Å². The van der Waals surface area contributed by atoms with E-state index >= 15 is 0 Å². The van der Waals surface area contributed by atoms with Gasteiger partial charge in [-0.05, 0) is 18.2 Å². The number of nitrogen functional groups attached to an aromatic ring is 1. The highest BCUT2D eigenvalue weighted by atomic mass is 14.9.